The fourth-order valence-electron chi connectivity index (χ4n) is 3.32. The van der Waals surface area contributed by atoms with E-state index in [1.165, 1.54) is 0 Å². The summed E-state index contributed by atoms with van der Waals surface area (Å²) in [7, 11) is -3.59. The molecule has 7 heteroatoms. The van der Waals surface area contributed by atoms with E-state index in [0.29, 0.717) is 11.6 Å². The zero-order valence-corrected chi connectivity index (χ0v) is 17.4. The first-order valence-corrected chi connectivity index (χ1v) is 11.0. The fourth-order valence-corrected chi connectivity index (χ4v) is 4.54. The molecule has 0 fully saturated rings. The number of aryl methyl sites for hydroxylation is 1. The Morgan fingerprint density at radius 1 is 0.931 bits per heavy atom. The van der Waals surface area contributed by atoms with Gasteiger partial charge in [0, 0.05) is 11.6 Å². The smallest absolute Gasteiger partial charge is 0.240 e. The molecule has 148 valence electrons. The Labute approximate surface area is 175 Å². The monoisotopic (exact) mass is 425 g/mol. The minimum absolute atomic E-state index is 0.164. The van der Waals surface area contributed by atoms with Crippen LogP contribution >= 0.6 is 11.6 Å². The number of nitrogens with zero attached hydrogens (tertiary/aromatic N) is 2. The van der Waals surface area contributed by atoms with Gasteiger partial charge in [0.15, 0.2) is 0 Å². The predicted octanol–water partition coefficient (Wildman–Crippen LogP) is 4.52. The molecule has 3 aromatic carbocycles. The summed E-state index contributed by atoms with van der Waals surface area (Å²) in [6, 6.07) is 21.9. The third-order valence-corrected chi connectivity index (χ3v) is 6.63. The summed E-state index contributed by atoms with van der Waals surface area (Å²) in [4.78, 5) is 4.94. The van der Waals surface area contributed by atoms with Crippen LogP contribution in [0, 0.1) is 6.92 Å². The fraction of sp³-hybridized carbons (Fsp3) is 0.136. The third-order valence-electron chi connectivity index (χ3n) is 4.85. The number of hydrogen-bond acceptors (Lipinski definition) is 3. The lowest BCUT2D eigenvalue weighted by Gasteiger charge is -2.10. The van der Waals surface area contributed by atoms with E-state index < -0.39 is 10.0 Å². The molecule has 5 nitrogen and oxygen atoms in total. The minimum atomic E-state index is -3.59. The number of rotatable bonds is 6. The number of imidazole rings is 1. The van der Waals surface area contributed by atoms with Crippen LogP contribution in [0.3, 0.4) is 0 Å². The molecule has 4 aromatic rings. The third kappa shape index (κ3) is 4.05. The molecule has 0 aliphatic rings. The molecule has 29 heavy (non-hydrogen) atoms. The van der Waals surface area contributed by atoms with Crippen LogP contribution in [0.15, 0.2) is 77.7 Å². The Hall–Kier alpha value is -2.67. The molecule has 0 atom stereocenters. The maximum Gasteiger partial charge on any atom is 0.240 e. The van der Waals surface area contributed by atoms with Crippen LogP contribution < -0.4 is 4.72 Å². The van der Waals surface area contributed by atoms with E-state index in [9.17, 15) is 8.42 Å². The lowest BCUT2D eigenvalue weighted by atomic mass is 10.2. The van der Waals surface area contributed by atoms with Gasteiger partial charge in [0.1, 0.15) is 5.82 Å². The van der Waals surface area contributed by atoms with E-state index in [2.05, 4.69) is 9.29 Å². The van der Waals surface area contributed by atoms with Gasteiger partial charge < -0.3 is 4.57 Å². The van der Waals surface area contributed by atoms with Gasteiger partial charge in [0.05, 0.1) is 22.5 Å². The summed E-state index contributed by atoms with van der Waals surface area (Å²) in [5.41, 5.74) is 3.56. The summed E-state index contributed by atoms with van der Waals surface area (Å²) in [6.45, 7) is 2.70. The first kappa shape index (κ1) is 19.6. The molecular weight excluding hydrogens is 406 g/mol. The van der Waals surface area contributed by atoms with Crippen LogP contribution in [0.2, 0.25) is 5.02 Å². The normalized spacial score (nSPS) is 11.8. The second kappa shape index (κ2) is 7.99. The van der Waals surface area contributed by atoms with E-state index in [4.69, 9.17) is 16.6 Å². The average molecular weight is 426 g/mol. The topological polar surface area (TPSA) is 64.0 Å². The Morgan fingerprint density at radius 2 is 1.62 bits per heavy atom. The number of sulfonamides is 1. The number of para-hydroxylation sites is 1. The Balaban J connectivity index is 1.65. The molecule has 0 radical (unpaired) electrons. The van der Waals surface area contributed by atoms with Gasteiger partial charge in [-0.3, -0.25) is 0 Å². The van der Waals surface area contributed by atoms with Crippen molar-refractivity contribution in [2.45, 2.75) is 24.9 Å². The zero-order valence-electron chi connectivity index (χ0n) is 15.8. The summed E-state index contributed by atoms with van der Waals surface area (Å²) >= 11 is 6.32. The van der Waals surface area contributed by atoms with Crippen molar-refractivity contribution in [3.05, 3.63) is 94.8 Å². The van der Waals surface area contributed by atoms with Gasteiger partial charge in [-0.1, -0.05) is 60.1 Å². The number of nitrogens with one attached hydrogen (secondary N) is 1. The molecule has 1 aromatic heterocycles. The highest BCUT2D eigenvalue weighted by Gasteiger charge is 2.16. The Morgan fingerprint density at radius 3 is 2.38 bits per heavy atom. The number of halogens is 1. The van der Waals surface area contributed by atoms with Crippen molar-refractivity contribution in [2.75, 3.05) is 0 Å². The summed E-state index contributed by atoms with van der Waals surface area (Å²) in [5, 5.41) is 0.709. The minimum Gasteiger partial charge on any atom is -0.324 e. The van der Waals surface area contributed by atoms with Crippen LogP contribution in [0.4, 0.5) is 0 Å². The van der Waals surface area contributed by atoms with Gasteiger partial charge >= 0.3 is 0 Å². The zero-order chi connectivity index (χ0) is 20.4. The highest BCUT2D eigenvalue weighted by molar-refractivity contribution is 7.89. The van der Waals surface area contributed by atoms with Crippen LogP contribution in [-0.2, 0) is 23.1 Å². The molecule has 0 aliphatic heterocycles. The van der Waals surface area contributed by atoms with Crippen molar-refractivity contribution in [2.24, 2.45) is 0 Å². The van der Waals surface area contributed by atoms with Crippen molar-refractivity contribution in [3.8, 4) is 0 Å². The second-order valence-electron chi connectivity index (χ2n) is 6.76. The van der Waals surface area contributed by atoms with Gasteiger partial charge in [-0.05, 0) is 42.3 Å². The van der Waals surface area contributed by atoms with E-state index in [1.807, 2.05) is 49.4 Å². The molecule has 4 rings (SSSR count). The maximum absolute atomic E-state index is 12.5. The quantitative estimate of drug-likeness (QED) is 0.493. The van der Waals surface area contributed by atoms with E-state index in [-0.39, 0.29) is 11.4 Å². The van der Waals surface area contributed by atoms with Gasteiger partial charge in [0.25, 0.3) is 0 Å². The lowest BCUT2D eigenvalue weighted by molar-refractivity contribution is 0.581. The molecule has 0 amide bonds. The Kier molecular flexibility index (Phi) is 5.41. The molecule has 1 heterocycles. The second-order valence-corrected chi connectivity index (χ2v) is 8.93. The molecule has 0 spiro atoms. The lowest BCUT2D eigenvalue weighted by Crippen LogP contribution is -2.23. The predicted molar refractivity (Wildman–Crippen MR) is 115 cm³/mol. The summed E-state index contributed by atoms with van der Waals surface area (Å²) in [6.07, 6.45) is 0. The standard InChI is InChI=1S/C22H20ClN3O2S/c1-16-25-22-17(14-24-29(27,28)19-10-3-2-4-11-19)9-7-13-21(22)26(16)15-18-8-5-6-12-20(18)23/h2-13,24H,14-15H2,1H3. The molecule has 0 saturated carbocycles. The van der Waals surface area contributed by atoms with Crippen LogP contribution in [-0.4, -0.2) is 18.0 Å². The van der Waals surface area contributed by atoms with E-state index in [1.54, 1.807) is 30.3 Å². The van der Waals surface area contributed by atoms with Crippen LogP contribution in [0.1, 0.15) is 17.0 Å². The summed E-state index contributed by atoms with van der Waals surface area (Å²) in [5.74, 6) is 0.846. The van der Waals surface area contributed by atoms with Crippen molar-refractivity contribution in [1.29, 1.82) is 0 Å². The van der Waals surface area contributed by atoms with Gasteiger partial charge in [-0.15, -0.1) is 0 Å². The molecule has 1 N–H and O–H groups in total. The van der Waals surface area contributed by atoms with Crippen molar-refractivity contribution < 1.29 is 8.42 Å². The van der Waals surface area contributed by atoms with E-state index in [0.717, 1.165) is 28.0 Å². The molecule has 0 unspecified atom stereocenters. The highest BCUT2D eigenvalue weighted by Crippen LogP contribution is 2.24. The SMILES string of the molecule is Cc1nc2c(CNS(=O)(=O)c3ccccc3)cccc2n1Cc1ccccc1Cl. The average Bonchev–Trinajstić information content (AvgIpc) is 3.04. The number of aromatic nitrogens is 2. The molecule has 0 saturated heterocycles. The van der Waals surface area contributed by atoms with Crippen LogP contribution in [0.5, 0.6) is 0 Å². The molecular formula is C22H20ClN3O2S. The van der Waals surface area contributed by atoms with Gasteiger partial charge in [0.2, 0.25) is 10.0 Å². The first-order valence-electron chi connectivity index (χ1n) is 9.18. The van der Waals surface area contributed by atoms with Gasteiger partial charge in [-0.25, -0.2) is 18.1 Å². The Bertz CT molecular complexity index is 1270. The molecule has 0 aliphatic carbocycles. The first-order chi connectivity index (χ1) is 14.0. The van der Waals surface area contributed by atoms with Crippen LogP contribution in [0.25, 0.3) is 11.0 Å². The number of hydrogen-bond donors (Lipinski definition) is 1. The number of benzene rings is 3. The van der Waals surface area contributed by atoms with Gasteiger partial charge in [-0.2, -0.15) is 0 Å². The largest absolute Gasteiger partial charge is 0.324 e. The highest BCUT2D eigenvalue weighted by atomic mass is 35.5. The summed E-state index contributed by atoms with van der Waals surface area (Å²) < 4.78 is 29.8. The van der Waals surface area contributed by atoms with Crippen molar-refractivity contribution >= 4 is 32.7 Å². The number of fused-ring (bicyclic) bond motifs is 1. The van der Waals surface area contributed by atoms with Crippen molar-refractivity contribution in [3.63, 3.8) is 0 Å². The molecule has 0 bridgehead atoms. The van der Waals surface area contributed by atoms with E-state index >= 15 is 0 Å². The maximum atomic E-state index is 12.5. The van der Waals surface area contributed by atoms with Crippen molar-refractivity contribution in [1.82, 2.24) is 14.3 Å².